The summed E-state index contributed by atoms with van der Waals surface area (Å²) in [6, 6.07) is 10.5. The molecule has 1 unspecified atom stereocenters. The van der Waals surface area contributed by atoms with Gasteiger partial charge in [0.2, 0.25) is 0 Å². The van der Waals surface area contributed by atoms with Gasteiger partial charge in [-0.25, -0.2) is 4.98 Å². The molecule has 1 aliphatic heterocycles. The van der Waals surface area contributed by atoms with Crippen molar-refractivity contribution in [2.24, 2.45) is 0 Å². The topological polar surface area (TPSA) is 40.6 Å². The highest BCUT2D eigenvalue weighted by Crippen LogP contribution is 2.37. The summed E-state index contributed by atoms with van der Waals surface area (Å²) in [5.41, 5.74) is 3.10. The molecule has 1 atom stereocenters. The zero-order valence-corrected chi connectivity index (χ0v) is 14.6. The van der Waals surface area contributed by atoms with Crippen molar-refractivity contribution in [1.29, 1.82) is 0 Å². The van der Waals surface area contributed by atoms with Crippen LogP contribution in [0, 0.1) is 6.92 Å². The fraction of sp³-hybridized carbons (Fsp3) is 0.368. The highest BCUT2D eigenvalue weighted by Gasteiger charge is 2.27. The Bertz CT molecular complexity index is 696. The van der Waals surface area contributed by atoms with Crippen LogP contribution in [-0.4, -0.2) is 45.3 Å². The molecule has 3 rings (SSSR count). The van der Waals surface area contributed by atoms with Crippen molar-refractivity contribution >= 4 is 17.2 Å². The number of rotatable bonds is 5. The van der Waals surface area contributed by atoms with Gasteiger partial charge in [0.15, 0.2) is 0 Å². The van der Waals surface area contributed by atoms with Crippen LogP contribution in [0.5, 0.6) is 5.75 Å². The van der Waals surface area contributed by atoms with E-state index in [0.717, 1.165) is 48.0 Å². The Labute approximate surface area is 144 Å². The first-order chi connectivity index (χ1) is 11.6. The molecule has 2 heterocycles. The second kappa shape index (κ2) is 7.09. The summed E-state index contributed by atoms with van der Waals surface area (Å²) in [7, 11) is 5.78. The number of benzene rings is 1. The lowest BCUT2D eigenvalue weighted by Crippen LogP contribution is -2.34. The summed E-state index contributed by atoms with van der Waals surface area (Å²) in [6.07, 6.45) is 2.93. The average molecular weight is 325 g/mol. The van der Waals surface area contributed by atoms with Crippen LogP contribution >= 0.6 is 0 Å². The summed E-state index contributed by atoms with van der Waals surface area (Å²) < 4.78 is 5.61. The molecular formula is C19H25N4O. The lowest BCUT2D eigenvalue weighted by atomic mass is 10.1. The fourth-order valence-corrected chi connectivity index (χ4v) is 3.11. The molecule has 1 N–H and O–H groups in total. The Kier molecular flexibility index (Phi) is 4.90. The molecule has 0 spiro atoms. The first-order valence-electron chi connectivity index (χ1n) is 8.23. The number of aromatic nitrogens is 1. The van der Waals surface area contributed by atoms with Crippen LogP contribution in [0.1, 0.15) is 12.0 Å². The molecule has 5 nitrogen and oxygen atoms in total. The van der Waals surface area contributed by atoms with Crippen molar-refractivity contribution < 1.29 is 4.74 Å². The highest BCUT2D eigenvalue weighted by atomic mass is 16.5. The lowest BCUT2D eigenvalue weighted by molar-refractivity contribution is 0.414. The van der Waals surface area contributed by atoms with Crippen LogP contribution in [0.4, 0.5) is 17.2 Å². The molecule has 0 aliphatic carbocycles. The van der Waals surface area contributed by atoms with Gasteiger partial charge in [0.25, 0.3) is 0 Å². The van der Waals surface area contributed by atoms with E-state index in [1.54, 1.807) is 7.11 Å². The zero-order chi connectivity index (χ0) is 17.1. The standard InChI is InChI=1S/C19H25N4O/c1-14-5-6-18(24-4)17(11-14)23(16-7-9-20-13-16)19-12-15(22(2)3)8-10-21-19/h5-6,8,10-12,16,20H,1,7,9,13H2,2-4H3. The molecule has 1 aromatic carbocycles. The Morgan fingerprint density at radius 1 is 1.25 bits per heavy atom. The number of ether oxygens (including phenoxy) is 1. The molecule has 0 saturated carbocycles. The molecule has 1 aliphatic rings. The second-order valence-corrected chi connectivity index (χ2v) is 6.29. The number of nitrogens with zero attached hydrogens (tertiary/aromatic N) is 3. The zero-order valence-electron chi connectivity index (χ0n) is 14.6. The smallest absolute Gasteiger partial charge is 0.142 e. The van der Waals surface area contributed by atoms with Crippen LogP contribution in [-0.2, 0) is 0 Å². The molecule has 0 bridgehead atoms. The number of methoxy groups -OCH3 is 1. The summed E-state index contributed by atoms with van der Waals surface area (Å²) in [6.45, 7) is 6.02. The predicted molar refractivity (Wildman–Crippen MR) is 99.4 cm³/mol. The molecule has 2 aromatic rings. The van der Waals surface area contributed by atoms with E-state index >= 15 is 0 Å². The number of nitrogens with one attached hydrogen (secondary N) is 1. The van der Waals surface area contributed by atoms with E-state index in [1.165, 1.54) is 0 Å². The van der Waals surface area contributed by atoms with Gasteiger partial charge >= 0.3 is 0 Å². The molecule has 1 radical (unpaired) electrons. The third-order valence-corrected chi connectivity index (χ3v) is 4.39. The maximum absolute atomic E-state index is 5.61. The molecular weight excluding hydrogens is 300 g/mol. The molecule has 127 valence electrons. The van der Waals surface area contributed by atoms with E-state index in [1.807, 2.05) is 38.5 Å². The van der Waals surface area contributed by atoms with Crippen LogP contribution in [0.15, 0.2) is 36.5 Å². The average Bonchev–Trinajstić information content (AvgIpc) is 3.10. The van der Waals surface area contributed by atoms with E-state index in [-0.39, 0.29) is 0 Å². The van der Waals surface area contributed by atoms with E-state index in [0.29, 0.717) is 6.04 Å². The van der Waals surface area contributed by atoms with Gasteiger partial charge in [-0.05, 0) is 43.7 Å². The SMILES string of the molecule is [CH2]c1ccc(OC)c(N(c2cc(N(C)C)ccn2)C2CCNC2)c1. The Morgan fingerprint density at radius 2 is 2.08 bits per heavy atom. The van der Waals surface area contributed by atoms with Crippen molar-refractivity contribution in [3.63, 3.8) is 0 Å². The van der Waals surface area contributed by atoms with Crippen LogP contribution < -0.4 is 19.9 Å². The van der Waals surface area contributed by atoms with Gasteiger partial charge < -0.3 is 19.9 Å². The van der Waals surface area contributed by atoms with E-state index in [2.05, 4.69) is 39.2 Å². The molecule has 24 heavy (non-hydrogen) atoms. The van der Waals surface area contributed by atoms with Crippen LogP contribution in [0.2, 0.25) is 0 Å². The molecule has 5 heteroatoms. The largest absolute Gasteiger partial charge is 0.495 e. The van der Waals surface area contributed by atoms with Gasteiger partial charge in [-0.15, -0.1) is 0 Å². The van der Waals surface area contributed by atoms with Crippen molar-refractivity contribution in [3.05, 3.63) is 49.0 Å². The van der Waals surface area contributed by atoms with Gasteiger partial charge in [0.05, 0.1) is 12.8 Å². The second-order valence-electron chi connectivity index (χ2n) is 6.29. The van der Waals surface area contributed by atoms with Gasteiger partial charge in [-0.1, -0.05) is 6.07 Å². The Balaban J connectivity index is 2.11. The minimum absolute atomic E-state index is 0.339. The highest BCUT2D eigenvalue weighted by molar-refractivity contribution is 5.71. The fourth-order valence-electron chi connectivity index (χ4n) is 3.11. The molecule has 0 amide bonds. The van der Waals surface area contributed by atoms with E-state index in [4.69, 9.17) is 4.74 Å². The number of pyridine rings is 1. The van der Waals surface area contributed by atoms with Crippen LogP contribution in [0.3, 0.4) is 0 Å². The van der Waals surface area contributed by atoms with E-state index in [9.17, 15) is 0 Å². The van der Waals surface area contributed by atoms with Gasteiger partial charge in [0, 0.05) is 44.6 Å². The van der Waals surface area contributed by atoms with E-state index < -0.39 is 0 Å². The Morgan fingerprint density at radius 3 is 2.75 bits per heavy atom. The van der Waals surface area contributed by atoms with Gasteiger partial charge in [-0.3, -0.25) is 0 Å². The van der Waals surface area contributed by atoms with Crippen molar-refractivity contribution in [3.8, 4) is 5.75 Å². The van der Waals surface area contributed by atoms with Crippen molar-refractivity contribution in [2.75, 3.05) is 44.1 Å². The maximum Gasteiger partial charge on any atom is 0.142 e. The summed E-state index contributed by atoms with van der Waals surface area (Å²) >= 11 is 0. The third-order valence-electron chi connectivity index (χ3n) is 4.39. The first kappa shape index (κ1) is 16.6. The summed E-state index contributed by atoms with van der Waals surface area (Å²) in [5, 5.41) is 3.45. The number of anilines is 3. The lowest BCUT2D eigenvalue weighted by Gasteiger charge is -2.31. The monoisotopic (exact) mass is 325 g/mol. The maximum atomic E-state index is 5.61. The first-order valence-corrected chi connectivity index (χ1v) is 8.23. The van der Waals surface area contributed by atoms with Gasteiger partial charge in [-0.2, -0.15) is 0 Å². The number of hydrogen-bond donors (Lipinski definition) is 1. The van der Waals surface area contributed by atoms with Crippen molar-refractivity contribution in [2.45, 2.75) is 12.5 Å². The summed E-state index contributed by atoms with van der Waals surface area (Å²) in [4.78, 5) is 9.01. The molecule has 1 fully saturated rings. The third kappa shape index (κ3) is 3.31. The Hall–Kier alpha value is -2.27. The minimum atomic E-state index is 0.339. The quantitative estimate of drug-likeness (QED) is 0.915. The predicted octanol–water partition coefficient (Wildman–Crippen LogP) is 2.84. The molecule has 1 aromatic heterocycles. The van der Waals surface area contributed by atoms with Gasteiger partial charge in [0.1, 0.15) is 11.6 Å². The van der Waals surface area contributed by atoms with Crippen LogP contribution in [0.25, 0.3) is 0 Å². The summed E-state index contributed by atoms with van der Waals surface area (Å²) in [5.74, 6) is 1.77. The number of hydrogen-bond acceptors (Lipinski definition) is 5. The van der Waals surface area contributed by atoms with Crippen molar-refractivity contribution in [1.82, 2.24) is 10.3 Å². The normalized spacial score (nSPS) is 16.9. The molecule has 1 saturated heterocycles. The minimum Gasteiger partial charge on any atom is -0.495 e.